The van der Waals surface area contributed by atoms with Gasteiger partial charge in [0.05, 0.1) is 6.61 Å². The third-order valence-corrected chi connectivity index (χ3v) is 3.68. The summed E-state index contributed by atoms with van der Waals surface area (Å²) in [4.78, 5) is 2.54. The average molecular weight is 258 g/mol. The van der Waals surface area contributed by atoms with Crippen LogP contribution in [-0.2, 0) is 4.74 Å². The predicted molar refractivity (Wildman–Crippen MR) is 80.1 cm³/mol. The van der Waals surface area contributed by atoms with Crippen LogP contribution in [0.1, 0.15) is 47.5 Å². The summed E-state index contributed by atoms with van der Waals surface area (Å²) in [6.07, 6.45) is 2.52. The maximum absolute atomic E-state index is 5.28. The van der Waals surface area contributed by atoms with Crippen LogP contribution >= 0.6 is 0 Å². The minimum Gasteiger partial charge on any atom is -0.383 e. The van der Waals surface area contributed by atoms with Crippen LogP contribution < -0.4 is 5.32 Å². The summed E-state index contributed by atoms with van der Waals surface area (Å²) in [5.74, 6) is 0. The van der Waals surface area contributed by atoms with Crippen molar-refractivity contribution in [3.05, 3.63) is 0 Å². The fraction of sp³-hybridized carbons (Fsp3) is 1.00. The summed E-state index contributed by atoms with van der Waals surface area (Å²) >= 11 is 0. The molecule has 0 saturated heterocycles. The predicted octanol–water partition coefficient (Wildman–Crippen LogP) is 2.76. The van der Waals surface area contributed by atoms with Crippen LogP contribution in [0.15, 0.2) is 0 Å². The van der Waals surface area contributed by atoms with E-state index in [1.807, 2.05) is 0 Å². The van der Waals surface area contributed by atoms with Gasteiger partial charge >= 0.3 is 0 Å². The van der Waals surface area contributed by atoms with Crippen molar-refractivity contribution < 1.29 is 4.74 Å². The van der Waals surface area contributed by atoms with Gasteiger partial charge in [-0.15, -0.1) is 0 Å². The van der Waals surface area contributed by atoms with E-state index in [0.29, 0.717) is 11.5 Å². The summed E-state index contributed by atoms with van der Waals surface area (Å²) in [7, 11) is 1.79. The molecule has 0 amide bonds. The number of nitrogens with one attached hydrogen (secondary N) is 1. The highest BCUT2D eigenvalue weighted by atomic mass is 16.5. The van der Waals surface area contributed by atoms with Crippen molar-refractivity contribution in [1.82, 2.24) is 10.2 Å². The highest BCUT2D eigenvalue weighted by Gasteiger charge is 2.27. The Morgan fingerprint density at radius 1 is 1.28 bits per heavy atom. The second kappa shape index (κ2) is 9.76. The Morgan fingerprint density at radius 3 is 2.39 bits per heavy atom. The van der Waals surface area contributed by atoms with Gasteiger partial charge in [-0.3, -0.25) is 4.90 Å². The molecule has 3 nitrogen and oxygen atoms in total. The highest BCUT2D eigenvalue weighted by Crippen LogP contribution is 2.24. The summed E-state index contributed by atoms with van der Waals surface area (Å²) in [5.41, 5.74) is 0.364. The molecule has 0 heterocycles. The number of rotatable bonds is 11. The lowest BCUT2D eigenvalue weighted by molar-refractivity contribution is 0.0675. The van der Waals surface area contributed by atoms with Crippen LogP contribution in [0.5, 0.6) is 0 Å². The second-order valence-corrected chi connectivity index (χ2v) is 5.71. The first-order valence-electron chi connectivity index (χ1n) is 7.46. The van der Waals surface area contributed by atoms with Crippen molar-refractivity contribution in [3.63, 3.8) is 0 Å². The topological polar surface area (TPSA) is 24.5 Å². The van der Waals surface area contributed by atoms with Gasteiger partial charge in [0.2, 0.25) is 0 Å². The number of methoxy groups -OCH3 is 1. The molecular weight excluding hydrogens is 224 g/mol. The molecule has 0 bridgehead atoms. The Balaban J connectivity index is 4.50. The molecule has 2 unspecified atom stereocenters. The number of likely N-dealkylation sites (N-methyl/N-ethyl adjacent to an activating group) is 1. The molecular formula is C15H34N2O. The van der Waals surface area contributed by atoms with E-state index in [-0.39, 0.29) is 0 Å². The molecule has 0 radical (unpaired) electrons. The lowest BCUT2D eigenvalue weighted by atomic mass is 9.84. The molecule has 0 saturated carbocycles. The van der Waals surface area contributed by atoms with Crippen LogP contribution in [-0.4, -0.2) is 50.8 Å². The first-order chi connectivity index (χ1) is 8.52. The van der Waals surface area contributed by atoms with E-state index in [0.717, 1.165) is 32.8 Å². The van der Waals surface area contributed by atoms with Crippen LogP contribution in [0, 0.1) is 5.41 Å². The van der Waals surface area contributed by atoms with Crippen LogP contribution in [0.4, 0.5) is 0 Å². The standard InChI is InChI=1S/C15H34N2O/c1-7-10-15(5,12-16-8-2)13-17(9-3)14(4)11-18-6/h14,16H,7-13H2,1-6H3. The average Bonchev–Trinajstić information content (AvgIpc) is 2.34. The van der Waals surface area contributed by atoms with E-state index in [4.69, 9.17) is 4.74 Å². The van der Waals surface area contributed by atoms with E-state index in [1.165, 1.54) is 12.8 Å². The second-order valence-electron chi connectivity index (χ2n) is 5.71. The van der Waals surface area contributed by atoms with Gasteiger partial charge in [-0.05, 0) is 31.8 Å². The highest BCUT2D eigenvalue weighted by molar-refractivity contribution is 4.82. The number of nitrogens with zero attached hydrogens (tertiary/aromatic N) is 1. The number of ether oxygens (including phenoxy) is 1. The third kappa shape index (κ3) is 6.72. The largest absolute Gasteiger partial charge is 0.383 e. The fourth-order valence-corrected chi connectivity index (χ4v) is 2.67. The molecule has 18 heavy (non-hydrogen) atoms. The van der Waals surface area contributed by atoms with Crippen molar-refractivity contribution >= 4 is 0 Å². The van der Waals surface area contributed by atoms with Gasteiger partial charge in [0.25, 0.3) is 0 Å². The summed E-state index contributed by atoms with van der Waals surface area (Å²) in [5, 5.41) is 3.52. The minimum absolute atomic E-state index is 0.364. The van der Waals surface area contributed by atoms with Gasteiger partial charge in [0.1, 0.15) is 0 Å². The molecule has 0 fully saturated rings. The van der Waals surface area contributed by atoms with Crippen molar-refractivity contribution in [2.75, 3.05) is 39.9 Å². The lowest BCUT2D eigenvalue weighted by Crippen LogP contribution is -2.46. The van der Waals surface area contributed by atoms with Crippen LogP contribution in [0.2, 0.25) is 0 Å². The molecule has 0 aromatic rings. The molecule has 0 rings (SSSR count). The fourth-order valence-electron chi connectivity index (χ4n) is 2.67. The van der Waals surface area contributed by atoms with E-state index in [1.54, 1.807) is 7.11 Å². The van der Waals surface area contributed by atoms with Crippen molar-refractivity contribution in [2.45, 2.75) is 53.5 Å². The number of hydrogen-bond acceptors (Lipinski definition) is 3. The zero-order valence-corrected chi connectivity index (χ0v) is 13.4. The molecule has 0 aliphatic rings. The maximum Gasteiger partial charge on any atom is 0.0615 e. The SMILES string of the molecule is CCCC(C)(CNCC)CN(CC)C(C)COC. The first-order valence-corrected chi connectivity index (χ1v) is 7.46. The van der Waals surface area contributed by atoms with Gasteiger partial charge in [-0.25, -0.2) is 0 Å². The smallest absolute Gasteiger partial charge is 0.0615 e. The van der Waals surface area contributed by atoms with Crippen molar-refractivity contribution in [1.29, 1.82) is 0 Å². The monoisotopic (exact) mass is 258 g/mol. The van der Waals surface area contributed by atoms with Gasteiger partial charge < -0.3 is 10.1 Å². The Kier molecular flexibility index (Phi) is 9.70. The van der Waals surface area contributed by atoms with E-state index >= 15 is 0 Å². The molecule has 3 heteroatoms. The van der Waals surface area contributed by atoms with E-state index in [9.17, 15) is 0 Å². The summed E-state index contributed by atoms with van der Waals surface area (Å²) < 4.78 is 5.28. The van der Waals surface area contributed by atoms with E-state index < -0.39 is 0 Å². The van der Waals surface area contributed by atoms with Gasteiger partial charge in [-0.1, -0.05) is 34.1 Å². The van der Waals surface area contributed by atoms with Crippen molar-refractivity contribution in [3.8, 4) is 0 Å². The minimum atomic E-state index is 0.364. The molecule has 0 aliphatic heterocycles. The maximum atomic E-state index is 5.28. The summed E-state index contributed by atoms with van der Waals surface area (Å²) in [6, 6.07) is 0.498. The Morgan fingerprint density at radius 2 is 1.94 bits per heavy atom. The Hall–Kier alpha value is -0.120. The van der Waals surface area contributed by atoms with Crippen molar-refractivity contribution in [2.24, 2.45) is 5.41 Å². The van der Waals surface area contributed by atoms with Gasteiger partial charge in [0, 0.05) is 26.2 Å². The normalized spacial score (nSPS) is 16.8. The first kappa shape index (κ1) is 17.9. The molecule has 1 N–H and O–H groups in total. The third-order valence-electron chi connectivity index (χ3n) is 3.68. The summed E-state index contributed by atoms with van der Waals surface area (Å²) in [6.45, 7) is 16.6. The molecule has 110 valence electrons. The Bertz CT molecular complexity index is 199. The quantitative estimate of drug-likeness (QED) is 0.617. The van der Waals surface area contributed by atoms with E-state index in [2.05, 4.69) is 44.8 Å². The molecule has 2 atom stereocenters. The van der Waals surface area contributed by atoms with Gasteiger partial charge in [0.15, 0.2) is 0 Å². The molecule has 0 aromatic carbocycles. The Labute approximate surface area is 114 Å². The zero-order valence-electron chi connectivity index (χ0n) is 13.4. The lowest BCUT2D eigenvalue weighted by Gasteiger charge is -2.38. The van der Waals surface area contributed by atoms with Crippen LogP contribution in [0.25, 0.3) is 0 Å². The molecule has 0 spiro atoms. The zero-order chi connectivity index (χ0) is 14.0. The van der Waals surface area contributed by atoms with Gasteiger partial charge in [-0.2, -0.15) is 0 Å². The molecule has 0 aliphatic carbocycles. The van der Waals surface area contributed by atoms with Crippen LogP contribution in [0.3, 0.4) is 0 Å². The molecule has 0 aromatic heterocycles. The number of hydrogen-bond donors (Lipinski definition) is 1.